The van der Waals surface area contributed by atoms with Crippen molar-refractivity contribution in [2.24, 2.45) is 11.7 Å². The van der Waals surface area contributed by atoms with E-state index in [1.807, 2.05) is 6.07 Å². The molecule has 2 heteroatoms. The van der Waals surface area contributed by atoms with Gasteiger partial charge in [-0.15, -0.1) is 0 Å². The van der Waals surface area contributed by atoms with Gasteiger partial charge in [0.25, 0.3) is 0 Å². The lowest BCUT2D eigenvalue weighted by Crippen LogP contribution is -2.34. The molecule has 0 aliphatic heterocycles. The number of rotatable bonds is 7. The van der Waals surface area contributed by atoms with E-state index in [0.717, 1.165) is 25.4 Å². The molecular weight excluding hydrogens is 220 g/mol. The first-order valence-corrected chi connectivity index (χ1v) is 7.32. The second-order valence-electron chi connectivity index (χ2n) is 5.50. The summed E-state index contributed by atoms with van der Waals surface area (Å²) in [6, 6.07) is 10.6. The zero-order valence-corrected chi connectivity index (χ0v) is 11.5. The minimum absolute atomic E-state index is 0.182. The number of nitrogens with two attached hydrogens (primary N) is 1. The molecule has 0 bridgehead atoms. The van der Waals surface area contributed by atoms with E-state index in [0.29, 0.717) is 0 Å². The Balaban J connectivity index is 1.74. The Kier molecular flexibility index (Phi) is 5.21. The van der Waals surface area contributed by atoms with Crippen LogP contribution in [0.5, 0.6) is 0 Å². The molecule has 2 N–H and O–H groups in total. The monoisotopic (exact) mass is 246 g/mol. The van der Waals surface area contributed by atoms with Gasteiger partial charge in [-0.2, -0.15) is 0 Å². The van der Waals surface area contributed by atoms with Crippen molar-refractivity contribution in [3.8, 4) is 0 Å². The summed E-state index contributed by atoms with van der Waals surface area (Å²) in [5.41, 5.74) is 7.51. The van der Waals surface area contributed by atoms with Gasteiger partial charge in [-0.3, -0.25) is 0 Å². The molecule has 1 aliphatic rings. The first-order valence-electron chi connectivity index (χ1n) is 7.32. The molecule has 100 valence electrons. The van der Waals surface area contributed by atoms with Crippen LogP contribution in [0.4, 0.5) is 0 Å². The molecule has 18 heavy (non-hydrogen) atoms. The molecule has 1 aromatic carbocycles. The number of benzene rings is 1. The summed E-state index contributed by atoms with van der Waals surface area (Å²) >= 11 is 0. The lowest BCUT2D eigenvalue weighted by molar-refractivity contribution is 0.180. The van der Waals surface area contributed by atoms with Crippen LogP contribution < -0.4 is 5.73 Å². The molecule has 1 fully saturated rings. The highest BCUT2D eigenvalue weighted by atomic mass is 15.1. The maximum Gasteiger partial charge on any atom is 0.0307 e. The highest BCUT2D eigenvalue weighted by molar-refractivity contribution is 5.18. The highest BCUT2D eigenvalue weighted by Crippen LogP contribution is 2.27. The second kappa shape index (κ2) is 6.91. The summed E-state index contributed by atoms with van der Waals surface area (Å²) in [6.07, 6.45) is 5.36. The fourth-order valence-corrected chi connectivity index (χ4v) is 2.61. The van der Waals surface area contributed by atoms with Crippen molar-refractivity contribution in [2.75, 3.05) is 19.6 Å². The van der Waals surface area contributed by atoms with E-state index in [2.05, 4.69) is 36.1 Å². The molecule has 1 unspecified atom stereocenters. The van der Waals surface area contributed by atoms with Crippen molar-refractivity contribution in [1.29, 1.82) is 0 Å². The van der Waals surface area contributed by atoms with Crippen molar-refractivity contribution in [3.05, 3.63) is 35.9 Å². The third kappa shape index (κ3) is 3.82. The topological polar surface area (TPSA) is 29.3 Å². The largest absolute Gasteiger partial charge is 0.324 e. The number of hydrogen-bond acceptors (Lipinski definition) is 2. The smallest absolute Gasteiger partial charge is 0.0307 e. The molecule has 1 atom stereocenters. The van der Waals surface area contributed by atoms with Crippen molar-refractivity contribution < 1.29 is 0 Å². The van der Waals surface area contributed by atoms with Crippen LogP contribution >= 0.6 is 0 Å². The Morgan fingerprint density at radius 3 is 2.56 bits per heavy atom. The fourth-order valence-electron chi connectivity index (χ4n) is 2.61. The van der Waals surface area contributed by atoms with Gasteiger partial charge in [0.1, 0.15) is 0 Å². The van der Waals surface area contributed by atoms with E-state index in [-0.39, 0.29) is 6.04 Å². The van der Waals surface area contributed by atoms with Crippen molar-refractivity contribution in [3.63, 3.8) is 0 Å². The van der Waals surface area contributed by atoms with Crippen LogP contribution in [0.15, 0.2) is 30.3 Å². The molecule has 0 saturated heterocycles. The van der Waals surface area contributed by atoms with Crippen LogP contribution in [0, 0.1) is 5.92 Å². The molecular formula is C16H26N2. The molecule has 0 radical (unpaired) electrons. The Morgan fingerprint density at radius 1 is 1.28 bits per heavy atom. The third-order valence-electron chi connectivity index (χ3n) is 4.17. The van der Waals surface area contributed by atoms with Crippen LogP contribution in [-0.4, -0.2) is 24.5 Å². The predicted molar refractivity (Wildman–Crippen MR) is 77.4 cm³/mol. The molecule has 0 heterocycles. The molecule has 0 amide bonds. The molecule has 1 aliphatic carbocycles. The Hall–Kier alpha value is -0.860. The first-order chi connectivity index (χ1) is 8.79. The van der Waals surface area contributed by atoms with Gasteiger partial charge in [0, 0.05) is 12.6 Å². The van der Waals surface area contributed by atoms with E-state index in [4.69, 9.17) is 5.73 Å². The molecule has 2 nitrogen and oxygen atoms in total. The van der Waals surface area contributed by atoms with Crippen LogP contribution in [0.3, 0.4) is 0 Å². The summed E-state index contributed by atoms with van der Waals surface area (Å²) in [5.74, 6) is 0.956. The van der Waals surface area contributed by atoms with E-state index >= 15 is 0 Å². The maximum absolute atomic E-state index is 6.25. The average Bonchev–Trinajstić information content (AvgIpc) is 2.37. The average molecular weight is 246 g/mol. The summed E-state index contributed by atoms with van der Waals surface area (Å²) in [7, 11) is 0. The Bertz CT molecular complexity index is 332. The maximum atomic E-state index is 6.25. The Labute approximate surface area is 111 Å². The van der Waals surface area contributed by atoms with Crippen LogP contribution in [-0.2, 0) is 0 Å². The van der Waals surface area contributed by atoms with Gasteiger partial charge in [-0.05, 0) is 43.8 Å². The quantitative estimate of drug-likeness (QED) is 0.800. The predicted octanol–water partition coefficient (Wildman–Crippen LogP) is 3.20. The van der Waals surface area contributed by atoms with Crippen LogP contribution in [0.1, 0.15) is 44.2 Å². The van der Waals surface area contributed by atoms with Crippen molar-refractivity contribution in [2.45, 2.75) is 38.6 Å². The molecule has 0 aromatic heterocycles. The van der Waals surface area contributed by atoms with E-state index < -0.39 is 0 Å². The zero-order chi connectivity index (χ0) is 12.8. The second-order valence-corrected chi connectivity index (χ2v) is 5.50. The minimum Gasteiger partial charge on any atom is -0.324 e. The van der Waals surface area contributed by atoms with Gasteiger partial charge in [0.05, 0.1) is 0 Å². The van der Waals surface area contributed by atoms with Gasteiger partial charge in [0.2, 0.25) is 0 Å². The third-order valence-corrected chi connectivity index (χ3v) is 4.17. The van der Waals surface area contributed by atoms with Crippen molar-refractivity contribution in [1.82, 2.24) is 4.90 Å². The van der Waals surface area contributed by atoms with Gasteiger partial charge < -0.3 is 10.6 Å². The standard InChI is InChI=1S/C16H26N2/c1-2-18(13-14-7-6-8-14)12-11-16(17)15-9-4-3-5-10-15/h3-5,9-10,14,16H,2,6-8,11-13,17H2,1H3. The van der Waals surface area contributed by atoms with Crippen LogP contribution in [0.2, 0.25) is 0 Å². The number of nitrogens with zero attached hydrogens (tertiary/aromatic N) is 1. The van der Waals surface area contributed by atoms with Crippen LogP contribution in [0.25, 0.3) is 0 Å². The summed E-state index contributed by atoms with van der Waals surface area (Å²) in [6.45, 7) is 5.81. The lowest BCUT2D eigenvalue weighted by atomic mass is 9.85. The lowest BCUT2D eigenvalue weighted by Gasteiger charge is -2.32. The van der Waals surface area contributed by atoms with Gasteiger partial charge in [0.15, 0.2) is 0 Å². The normalized spacial score (nSPS) is 17.7. The van der Waals surface area contributed by atoms with Gasteiger partial charge in [-0.25, -0.2) is 0 Å². The molecule has 0 spiro atoms. The summed E-state index contributed by atoms with van der Waals surface area (Å²) in [4.78, 5) is 2.56. The zero-order valence-electron chi connectivity index (χ0n) is 11.5. The van der Waals surface area contributed by atoms with E-state index in [9.17, 15) is 0 Å². The van der Waals surface area contributed by atoms with Gasteiger partial charge >= 0.3 is 0 Å². The summed E-state index contributed by atoms with van der Waals surface area (Å²) < 4.78 is 0. The SMILES string of the molecule is CCN(CCC(N)c1ccccc1)CC1CCC1. The molecule has 1 saturated carbocycles. The summed E-state index contributed by atoms with van der Waals surface area (Å²) in [5, 5.41) is 0. The van der Waals surface area contributed by atoms with E-state index in [1.54, 1.807) is 0 Å². The molecule has 2 rings (SSSR count). The first kappa shape index (κ1) is 13.6. The Morgan fingerprint density at radius 2 is 2.00 bits per heavy atom. The number of hydrogen-bond donors (Lipinski definition) is 1. The van der Waals surface area contributed by atoms with Gasteiger partial charge in [-0.1, -0.05) is 43.7 Å². The van der Waals surface area contributed by atoms with E-state index in [1.165, 1.54) is 31.4 Å². The molecule has 1 aromatic rings. The highest BCUT2D eigenvalue weighted by Gasteiger charge is 2.20. The fraction of sp³-hybridized carbons (Fsp3) is 0.625. The van der Waals surface area contributed by atoms with Crippen molar-refractivity contribution >= 4 is 0 Å². The minimum atomic E-state index is 0.182.